The second-order valence-electron chi connectivity index (χ2n) is 5.58. The van der Waals surface area contributed by atoms with E-state index in [9.17, 15) is 0 Å². The smallest absolute Gasteiger partial charge is 0.0223 e. The Kier molecular flexibility index (Phi) is 4.20. The van der Waals surface area contributed by atoms with Gasteiger partial charge in [0.2, 0.25) is 0 Å². The van der Waals surface area contributed by atoms with Crippen LogP contribution in [-0.4, -0.2) is 11.1 Å². The van der Waals surface area contributed by atoms with Gasteiger partial charge in [-0.2, -0.15) is 0 Å². The normalized spacial score (nSPS) is 12.1. The zero-order chi connectivity index (χ0) is 12.3. The Balaban J connectivity index is 2.53. The maximum absolute atomic E-state index is 3.56. The molecule has 92 valence electrons. The van der Waals surface area contributed by atoms with E-state index in [-0.39, 0.29) is 0 Å². The van der Waals surface area contributed by atoms with Crippen LogP contribution >= 0.6 is 0 Å². The molecule has 1 heterocycles. The first-order valence-corrected chi connectivity index (χ1v) is 6.20. The maximum Gasteiger partial charge on any atom is 0.0223 e. The van der Waals surface area contributed by atoms with Crippen molar-refractivity contribution in [3.05, 3.63) is 23.0 Å². The third-order valence-electron chi connectivity index (χ3n) is 3.76. The standard InChI is InChI=1S/C14H26N2/c1-7-14(4,5)10-15-9-13-8-11(2)16(6)12(13)3/h8,15H,7,9-10H2,1-6H3. The van der Waals surface area contributed by atoms with Crippen LogP contribution in [0.25, 0.3) is 0 Å². The van der Waals surface area contributed by atoms with E-state index in [0.29, 0.717) is 5.41 Å². The lowest BCUT2D eigenvalue weighted by Crippen LogP contribution is -2.28. The van der Waals surface area contributed by atoms with Crippen molar-refractivity contribution >= 4 is 0 Å². The third-order valence-corrected chi connectivity index (χ3v) is 3.76. The molecular formula is C14H26N2. The minimum atomic E-state index is 0.401. The molecule has 1 rings (SSSR count). The first-order valence-electron chi connectivity index (χ1n) is 6.20. The van der Waals surface area contributed by atoms with Gasteiger partial charge in [-0.25, -0.2) is 0 Å². The predicted molar refractivity (Wildman–Crippen MR) is 70.7 cm³/mol. The maximum atomic E-state index is 3.56. The molecule has 1 aromatic rings. The van der Waals surface area contributed by atoms with Crippen LogP contribution < -0.4 is 5.32 Å². The minimum Gasteiger partial charge on any atom is -0.352 e. The summed E-state index contributed by atoms with van der Waals surface area (Å²) in [5, 5.41) is 3.56. The molecule has 1 N–H and O–H groups in total. The van der Waals surface area contributed by atoms with Gasteiger partial charge in [0.1, 0.15) is 0 Å². The molecule has 2 nitrogen and oxygen atoms in total. The SMILES string of the molecule is CCC(C)(C)CNCc1cc(C)n(C)c1C. The van der Waals surface area contributed by atoms with E-state index in [1.54, 1.807) is 0 Å². The molecule has 2 heteroatoms. The van der Waals surface area contributed by atoms with Gasteiger partial charge in [-0.15, -0.1) is 0 Å². The molecule has 0 unspecified atom stereocenters. The fraction of sp³-hybridized carbons (Fsp3) is 0.714. The van der Waals surface area contributed by atoms with Crippen molar-refractivity contribution in [3.8, 4) is 0 Å². The summed E-state index contributed by atoms with van der Waals surface area (Å²) in [6, 6.07) is 2.28. The summed E-state index contributed by atoms with van der Waals surface area (Å²) < 4.78 is 2.25. The number of rotatable bonds is 5. The van der Waals surface area contributed by atoms with Gasteiger partial charge in [0, 0.05) is 31.5 Å². The van der Waals surface area contributed by atoms with Gasteiger partial charge in [0.05, 0.1) is 0 Å². The summed E-state index contributed by atoms with van der Waals surface area (Å²) in [4.78, 5) is 0. The van der Waals surface area contributed by atoms with Crippen molar-refractivity contribution in [2.45, 2.75) is 47.6 Å². The monoisotopic (exact) mass is 222 g/mol. The van der Waals surface area contributed by atoms with Crippen molar-refractivity contribution in [2.75, 3.05) is 6.54 Å². The lowest BCUT2D eigenvalue weighted by molar-refractivity contribution is 0.327. The van der Waals surface area contributed by atoms with E-state index in [1.165, 1.54) is 23.4 Å². The molecule has 0 fully saturated rings. The number of hydrogen-bond acceptors (Lipinski definition) is 1. The molecule has 0 radical (unpaired) electrons. The van der Waals surface area contributed by atoms with Crippen LogP contribution in [0.1, 0.15) is 44.1 Å². The van der Waals surface area contributed by atoms with Crippen molar-refractivity contribution < 1.29 is 0 Å². The Morgan fingerprint density at radius 1 is 1.31 bits per heavy atom. The van der Waals surface area contributed by atoms with Gasteiger partial charge in [0.25, 0.3) is 0 Å². The third kappa shape index (κ3) is 3.11. The first kappa shape index (κ1) is 13.3. The Bertz CT molecular complexity index is 348. The Morgan fingerprint density at radius 2 is 1.94 bits per heavy atom. The highest BCUT2D eigenvalue weighted by molar-refractivity contribution is 5.26. The molecule has 0 saturated carbocycles. The van der Waals surface area contributed by atoms with Crippen molar-refractivity contribution in [2.24, 2.45) is 12.5 Å². The Morgan fingerprint density at radius 3 is 2.38 bits per heavy atom. The van der Waals surface area contributed by atoms with E-state index in [4.69, 9.17) is 0 Å². The highest BCUT2D eigenvalue weighted by Crippen LogP contribution is 2.18. The summed E-state index contributed by atoms with van der Waals surface area (Å²) in [5.41, 5.74) is 4.54. The summed E-state index contributed by atoms with van der Waals surface area (Å²) in [6.07, 6.45) is 1.22. The van der Waals surface area contributed by atoms with Gasteiger partial charge in [-0.3, -0.25) is 0 Å². The molecular weight excluding hydrogens is 196 g/mol. The largest absolute Gasteiger partial charge is 0.352 e. The average molecular weight is 222 g/mol. The van der Waals surface area contributed by atoms with Crippen LogP contribution in [-0.2, 0) is 13.6 Å². The predicted octanol–water partition coefficient (Wildman–Crippen LogP) is 3.17. The average Bonchev–Trinajstić information content (AvgIpc) is 2.46. The molecule has 0 saturated heterocycles. The van der Waals surface area contributed by atoms with E-state index in [0.717, 1.165) is 13.1 Å². The van der Waals surface area contributed by atoms with E-state index < -0.39 is 0 Å². The Hall–Kier alpha value is -0.760. The van der Waals surface area contributed by atoms with Crippen LogP contribution in [0, 0.1) is 19.3 Å². The minimum absolute atomic E-state index is 0.401. The first-order chi connectivity index (χ1) is 7.37. The number of hydrogen-bond donors (Lipinski definition) is 1. The van der Waals surface area contributed by atoms with Gasteiger partial charge in [-0.05, 0) is 37.3 Å². The lowest BCUT2D eigenvalue weighted by atomic mass is 9.90. The molecule has 0 atom stereocenters. The van der Waals surface area contributed by atoms with Crippen LogP contribution in [0.4, 0.5) is 0 Å². The molecule has 1 aromatic heterocycles. The fourth-order valence-corrected chi connectivity index (χ4v) is 1.77. The fourth-order valence-electron chi connectivity index (χ4n) is 1.77. The zero-order valence-corrected chi connectivity index (χ0v) is 11.6. The van der Waals surface area contributed by atoms with Gasteiger partial charge in [0.15, 0.2) is 0 Å². The van der Waals surface area contributed by atoms with E-state index in [2.05, 4.69) is 57.6 Å². The summed E-state index contributed by atoms with van der Waals surface area (Å²) >= 11 is 0. The molecule has 0 spiro atoms. The summed E-state index contributed by atoms with van der Waals surface area (Å²) in [6.45, 7) is 13.3. The van der Waals surface area contributed by atoms with Crippen molar-refractivity contribution in [1.82, 2.24) is 9.88 Å². The van der Waals surface area contributed by atoms with Gasteiger partial charge < -0.3 is 9.88 Å². The number of aromatic nitrogens is 1. The van der Waals surface area contributed by atoms with Crippen LogP contribution in [0.5, 0.6) is 0 Å². The number of aryl methyl sites for hydroxylation is 1. The molecule has 0 aliphatic rings. The van der Waals surface area contributed by atoms with Gasteiger partial charge in [-0.1, -0.05) is 20.8 Å². The highest BCUT2D eigenvalue weighted by atomic mass is 15.0. The topological polar surface area (TPSA) is 17.0 Å². The van der Waals surface area contributed by atoms with Crippen LogP contribution in [0.15, 0.2) is 6.07 Å². The second kappa shape index (κ2) is 5.05. The quantitative estimate of drug-likeness (QED) is 0.809. The number of nitrogens with zero attached hydrogens (tertiary/aromatic N) is 1. The van der Waals surface area contributed by atoms with Crippen LogP contribution in [0.2, 0.25) is 0 Å². The molecule has 0 aromatic carbocycles. The zero-order valence-electron chi connectivity index (χ0n) is 11.6. The van der Waals surface area contributed by atoms with Crippen molar-refractivity contribution in [1.29, 1.82) is 0 Å². The highest BCUT2D eigenvalue weighted by Gasteiger charge is 2.14. The Labute approximate surface area is 100 Å². The lowest BCUT2D eigenvalue weighted by Gasteiger charge is -2.22. The molecule has 0 bridgehead atoms. The molecule has 0 aliphatic carbocycles. The van der Waals surface area contributed by atoms with Crippen LogP contribution in [0.3, 0.4) is 0 Å². The summed E-state index contributed by atoms with van der Waals surface area (Å²) in [7, 11) is 2.13. The second-order valence-corrected chi connectivity index (χ2v) is 5.58. The molecule has 0 amide bonds. The van der Waals surface area contributed by atoms with E-state index >= 15 is 0 Å². The summed E-state index contributed by atoms with van der Waals surface area (Å²) in [5.74, 6) is 0. The molecule has 16 heavy (non-hydrogen) atoms. The molecule has 0 aliphatic heterocycles. The van der Waals surface area contributed by atoms with Gasteiger partial charge >= 0.3 is 0 Å². The van der Waals surface area contributed by atoms with Crippen molar-refractivity contribution in [3.63, 3.8) is 0 Å². The number of nitrogens with one attached hydrogen (secondary N) is 1. The van der Waals surface area contributed by atoms with E-state index in [1.807, 2.05) is 0 Å².